The molecule has 1 heteroatoms. The quantitative estimate of drug-likeness (QED) is 0.669. The third-order valence-corrected chi connectivity index (χ3v) is 4.33. The lowest BCUT2D eigenvalue weighted by molar-refractivity contribution is 0.338. The Hall–Kier alpha value is -0.300. The lowest BCUT2D eigenvalue weighted by atomic mass is 9.85. The van der Waals surface area contributed by atoms with Gasteiger partial charge in [-0.3, -0.25) is 0 Å². The van der Waals surface area contributed by atoms with Gasteiger partial charge in [0.05, 0.1) is 0 Å². The Balaban J connectivity index is 1.88. The molecule has 1 unspecified atom stereocenters. The van der Waals surface area contributed by atoms with Crippen LogP contribution in [0.5, 0.6) is 0 Å². The second-order valence-corrected chi connectivity index (χ2v) is 5.72. The standard InChI is InChI=1S/C14H19Br/c15-14(13-9-5-2-6-10-13)11-12-7-3-1-4-8-12/h2,5-6,9-10,12,14H,1,3-4,7-8,11H2. The molecular weight excluding hydrogens is 248 g/mol. The fraction of sp³-hybridized carbons (Fsp3) is 0.571. The summed E-state index contributed by atoms with van der Waals surface area (Å²) in [6, 6.07) is 10.8. The molecule has 1 saturated carbocycles. The van der Waals surface area contributed by atoms with E-state index in [2.05, 4.69) is 46.3 Å². The molecule has 1 aromatic rings. The van der Waals surface area contributed by atoms with E-state index in [-0.39, 0.29) is 0 Å². The summed E-state index contributed by atoms with van der Waals surface area (Å²) >= 11 is 3.82. The summed E-state index contributed by atoms with van der Waals surface area (Å²) in [7, 11) is 0. The second kappa shape index (κ2) is 5.69. The number of hydrogen-bond donors (Lipinski definition) is 0. The van der Waals surface area contributed by atoms with Crippen LogP contribution in [0.1, 0.15) is 48.9 Å². The van der Waals surface area contributed by atoms with Gasteiger partial charge in [0.15, 0.2) is 0 Å². The zero-order valence-electron chi connectivity index (χ0n) is 9.16. The highest BCUT2D eigenvalue weighted by atomic mass is 79.9. The molecule has 1 aliphatic carbocycles. The van der Waals surface area contributed by atoms with Gasteiger partial charge in [-0.25, -0.2) is 0 Å². The van der Waals surface area contributed by atoms with Crippen LogP contribution >= 0.6 is 15.9 Å². The van der Waals surface area contributed by atoms with Gasteiger partial charge in [-0.1, -0.05) is 78.4 Å². The number of alkyl halides is 1. The number of benzene rings is 1. The molecule has 82 valence electrons. The Morgan fingerprint density at radius 1 is 1.07 bits per heavy atom. The third-order valence-electron chi connectivity index (χ3n) is 3.43. The van der Waals surface area contributed by atoms with Crippen molar-refractivity contribution in [2.24, 2.45) is 5.92 Å². The van der Waals surface area contributed by atoms with E-state index in [0.717, 1.165) is 5.92 Å². The molecule has 15 heavy (non-hydrogen) atoms. The first-order chi connectivity index (χ1) is 7.36. The maximum atomic E-state index is 3.82. The average molecular weight is 267 g/mol. The van der Waals surface area contributed by atoms with Crippen LogP contribution in [0.2, 0.25) is 0 Å². The Morgan fingerprint density at radius 2 is 1.73 bits per heavy atom. The molecule has 0 spiro atoms. The molecule has 1 aromatic carbocycles. The predicted molar refractivity (Wildman–Crippen MR) is 69.3 cm³/mol. The summed E-state index contributed by atoms with van der Waals surface area (Å²) in [6.07, 6.45) is 8.53. The van der Waals surface area contributed by atoms with Crippen LogP contribution in [0, 0.1) is 5.92 Å². The van der Waals surface area contributed by atoms with Crippen molar-refractivity contribution in [1.82, 2.24) is 0 Å². The molecule has 1 aliphatic rings. The highest BCUT2D eigenvalue weighted by Gasteiger charge is 2.17. The van der Waals surface area contributed by atoms with Gasteiger partial charge < -0.3 is 0 Å². The Kier molecular flexibility index (Phi) is 4.25. The molecule has 0 nitrogen and oxygen atoms in total. The highest BCUT2D eigenvalue weighted by Crippen LogP contribution is 2.35. The minimum atomic E-state index is 0.557. The van der Waals surface area contributed by atoms with Gasteiger partial charge in [-0.2, -0.15) is 0 Å². The minimum absolute atomic E-state index is 0.557. The van der Waals surface area contributed by atoms with E-state index in [9.17, 15) is 0 Å². The monoisotopic (exact) mass is 266 g/mol. The predicted octanol–water partition coefficient (Wildman–Crippen LogP) is 5.09. The van der Waals surface area contributed by atoms with Crippen molar-refractivity contribution in [3.8, 4) is 0 Å². The molecule has 1 fully saturated rings. The van der Waals surface area contributed by atoms with Crippen LogP contribution in [0.25, 0.3) is 0 Å². The number of hydrogen-bond acceptors (Lipinski definition) is 0. The molecule has 2 rings (SSSR count). The van der Waals surface area contributed by atoms with Gasteiger partial charge in [0.2, 0.25) is 0 Å². The lowest BCUT2D eigenvalue weighted by Gasteiger charge is -2.24. The summed E-state index contributed by atoms with van der Waals surface area (Å²) in [4.78, 5) is 0.557. The molecule has 0 radical (unpaired) electrons. The summed E-state index contributed by atoms with van der Waals surface area (Å²) in [5.41, 5.74) is 1.43. The van der Waals surface area contributed by atoms with Crippen molar-refractivity contribution in [2.75, 3.05) is 0 Å². The summed E-state index contributed by atoms with van der Waals surface area (Å²) < 4.78 is 0. The summed E-state index contributed by atoms with van der Waals surface area (Å²) in [5, 5.41) is 0. The fourth-order valence-electron chi connectivity index (χ4n) is 2.51. The molecule has 0 saturated heterocycles. The Bertz CT molecular complexity index is 275. The van der Waals surface area contributed by atoms with E-state index in [0.29, 0.717) is 4.83 Å². The SMILES string of the molecule is BrC(CC1CCCCC1)c1ccccc1. The van der Waals surface area contributed by atoms with Crippen molar-refractivity contribution < 1.29 is 0 Å². The van der Waals surface area contributed by atoms with Crippen molar-refractivity contribution >= 4 is 15.9 Å². The second-order valence-electron chi connectivity index (χ2n) is 4.62. The molecule has 0 amide bonds. The van der Waals surface area contributed by atoms with Crippen LogP contribution in [0.4, 0.5) is 0 Å². The van der Waals surface area contributed by atoms with Gasteiger partial charge in [-0.05, 0) is 17.9 Å². The van der Waals surface area contributed by atoms with Crippen LogP contribution in [0.3, 0.4) is 0 Å². The average Bonchev–Trinajstić information content (AvgIpc) is 2.31. The summed E-state index contributed by atoms with van der Waals surface area (Å²) in [5.74, 6) is 0.948. The molecular formula is C14H19Br. The molecule has 0 bridgehead atoms. The van der Waals surface area contributed by atoms with Gasteiger partial charge in [0, 0.05) is 4.83 Å². The first kappa shape index (κ1) is 11.2. The maximum absolute atomic E-state index is 3.82. The Morgan fingerprint density at radius 3 is 2.40 bits per heavy atom. The highest BCUT2D eigenvalue weighted by molar-refractivity contribution is 9.09. The molecule has 0 aromatic heterocycles. The van der Waals surface area contributed by atoms with Crippen LogP contribution in [-0.2, 0) is 0 Å². The van der Waals surface area contributed by atoms with Gasteiger partial charge in [-0.15, -0.1) is 0 Å². The van der Waals surface area contributed by atoms with Crippen LogP contribution in [0.15, 0.2) is 30.3 Å². The number of rotatable bonds is 3. The summed E-state index contributed by atoms with van der Waals surface area (Å²) in [6.45, 7) is 0. The van der Waals surface area contributed by atoms with Gasteiger partial charge in [0.1, 0.15) is 0 Å². The van der Waals surface area contributed by atoms with E-state index >= 15 is 0 Å². The van der Waals surface area contributed by atoms with Gasteiger partial charge in [0.25, 0.3) is 0 Å². The zero-order valence-corrected chi connectivity index (χ0v) is 10.7. The van der Waals surface area contributed by atoms with E-state index < -0.39 is 0 Å². The smallest absolute Gasteiger partial charge is 0.0397 e. The van der Waals surface area contributed by atoms with Gasteiger partial charge >= 0.3 is 0 Å². The third kappa shape index (κ3) is 3.34. The number of halogens is 1. The first-order valence-corrected chi connectivity index (χ1v) is 6.97. The first-order valence-electron chi connectivity index (χ1n) is 6.05. The van der Waals surface area contributed by atoms with Crippen molar-refractivity contribution in [3.63, 3.8) is 0 Å². The minimum Gasteiger partial charge on any atom is -0.0839 e. The largest absolute Gasteiger partial charge is 0.0839 e. The fourth-order valence-corrected chi connectivity index (χ4v) is 3.35. The van der Waals surface area contributed by atoms with E-state index in [4.69, 9.17) is 0 Å². The molecule has 0 aliphatic heterocycles. The maximum Gasteiger partial charge on any atom is 0.0397 e. The van der Waals surface area contributed by atoms with Crippen molar-refractivity contribution in [2.45, 2.75) is 43.4 Å². The van der Waals surface area contributed by atoms with Crippen LogP contribution < -0.4 is 0 Å². The topological polar surface area (TPSA) is 0 Å². The van der Waals surface area contributed by atoms with Crippen LogP contribution in [-0.4, -0.2) is 0 Å². The van der Waals surface area contributed by atoms with E-state index in [1.807, 2.05) is 0 Å². The Labute approximate surface area is 101 Å². The zero-order chi connectivity index (χ0) is 10.5. The molecule has 0 heterocycles. The molecule has 0 N–H and O–H groups in total. The van der Waals surface area contributed by atoms with E-state index in [1.165, 1.54) is 44.1 Å². The normalized spacial score (nSPS) is 20.1. The lowest BCUT2D eigenvalue weighted by Crippen LogP contribution is -2.08. The molecule has 1 atom stereocenters. The van der Waals surface area contributed by atoms with Crippen molar-refractivity contribution in [1.29, 1.82) is 0 Å². The van der Waals surface area contributed by atoms with Crippen molar-refractivity contribution in [3.05, 3.63) is 35.9 Å². The van der Waals surface area contributed by atoms with E-state index in [1.54, 1.807) is 0 Å².